The minimum atomic E-state index is -1.87. The summed E-state index contributed by atoms with van der Waals surface area (Å²) in [4.78, 5) is 27.0. The number of thiazole rings is 1. The third-order valence-electron chi connectivity index (χ3n) is 3.49. The predicted octanol–water partition coefficient (Wildman–Crippen LogP) is 2.45. The topological polar surface area (TPSA) is 79.3 Å². The summed E-state index contributed by atoms with van der Waals surface area (Å²) in [6, 6.07) is -0.769. The van der Waals surface area contributed by atoms with Crippen LogP contribution >= 0.6 is 11.3 Å². The lowest BCUT2D eigenvalue weighted by Gasteiger charge is -2.29. The van der Waals surface area contributed by atoms with Crippen molar-refractivity contribution in [1.29, 1.82) is 0 Å². The normalized spacial score (nSPS) is 19.2. The quantitative estimate of drug-likeness (QED) is 0.875. The Hall–Kier alpha value is -1.50. The Kier molecular flexibility index (Phi) is 4.69. The van der Waals surface area contributed by atoms with Gasteiger partial charge in [-0.15, -0.1) is 11.3 Å². The van der Waals surface area contributed by atoms with E-state index >= 15 is 0 Å². The van der Waals surface area contributed by atoms with Gasteiger partial charge in [0.1, 0.15) is 5.01 Å². The van der Waals surface area contributed by atoms with Gasteiger partial charge < -0.3 is 10.4 Å². The summed E-state index contributed by atoms with van der Waals surface area (Å²) in [5, 5.41) is 13.6. The van der Waals surface area contributed by atoms with Crippen LogP contribution in [0.2, 0.25) is 0 Å². The third kappa shape index (κ3) is 3.53. The van der Waals surface area contributed by atoms with E-state index in [1.165, 1.54) is 17.5 Å². The lowest BCUT2D eigenvalue weighted by atomic mass is 9.85. The third-order valence-corrected chi connectivity index (χ3v) is 4.38. The molecule has 2 N–H and O–H groups in total. The summed E-state index contributed by atoms with van der Waals surface area (Å²) >= 11 is 1.25. The number of carboxylic acids is 1. The SMILES string of the molecule is O=C(O)CC(NC(=O)C1(F)CCCCC1)c1nccs1. The average molecular weight is 300 g/mol. The fourth-order valence-corrected chi connectivity index (χ4v) is 3.10. The van der Waals surface area contributed by atoms with Crippen molar-refractivity contribution in [3.05, 3.63) is 16.6 Å². The molecule has 0 bridgehead atoms. The van der Waals surface area contributed by atoms with Crippen LogP contribution in [0.4, 0.5) is 4.39 Å². The van der Waals surface area contributed by atoms with E-state index in [-0.39, 0.29) is 19.3 Å². The number of carboxylic acid groups (broad SMARTS) is 1. The molecule has 1 fully saturated rings. The van der Waals surface area contributed by atoms with Crippen molar-refractivity contribution in [2.75, 3.05) is 0 Å². The van der Waals surface area contributed by atoms with Gasteiger partial charge in [0, 0.05) is 11.6 Å². The van der Waals surface area contributed by atoms with Crippen LogP contribution in [-0.2, 0) is 9.59 Å². The van der Waals surface area contributed by atoms with Gasteiger partial charge in [-0.05, 0) is 25.7 Å². The smallest absolute Gasteiger partial charge is 0.305 e. The van der Waals surface area contributed by atoms with Gasteiger partial charge in [-0.3, -0.25) is 9.59 Å². The summed E-state index contributed by atoms with van der Waals surface area (Å²) in [5.74, 6) is -1.76. The maximum atomic E-state index is 14.5. The Morgan fingerprint density at radius 1 is 1.45 bits per heavy atom. The van der Waals surface area contributed by atoms with Crippen molar-refractivity contribution >= 4 is 23.2 Å². The molecular formula is C13H17FN2O3S. The van der Waals surface area contributed by atoms with Gasteiger partial charge in [-0.1, -0.05) is 6.42 Å². The van der Waals surface area contributed by atoms with Gasteiger partial charge >= 0.3 is 5.97 Å². The molecule has 0 spiro atoms. The molecule has 1 atom stereocenters. The molecule has 1 aromatic rings. The standard InChI is InChI=1S/C13H17FN2O3S/c14-13(4-2-1-3-5-13)12(19)16-9(8-10(17)18)11-15-6-7-20-11/h6-7,9H,1-5,8H2,(H,16,19)(H,17,18). The van der Waals surface area contributed by atoms with Crippen LogP contribution in [0.5, 0.6) is 0 Å². The molecular weight excluding hydrogens is 283 g/mol. The Bertz CT molecular complexity index is 472. The first-order valence-electron chi connectivity index (χ1n) is 6.62. The number of aromatic nitrogens is 1. The minimum absolute atomic E-state index is 0.205. The van der Waals surface area contributed by atoms with E-state index in [1.807, 2.05) is 0 Å². The van der Waals surface area contributed by atoms with Crippen LogP contribution in [-0.4, -0.2) is 27.6 Å². The van der Waals surface area contributed by atoms with Gasteiger partial charge in [0.15, 0.2) is 5.67 Å². The van der Waals surface area contributed by atoms with Crippen LogP contribution in [0.3, 0.4) is 0 Å². The molecule has 0 aromatic carbocycles. The molecule has 0 aliphatic heterocycles. The summed E-state index contributed by atoms with van der Waals surface area (Å²) in [6.07, 6.45) is 3.95. The molecule has 1 aliphatic rings. The first kappa shape index (κ1) is 14.9. The Morgan fingerprint density at radius 3 is 2.70 bits per heavy atom. The van der Waals surface area contributed by atoms with E-state index in [9.17, 15) is 14.0 Å². The molecule has 1 aliphatic carbocycles. The lowest BCUT2D eigenvalue weighted by Crippen LogP contribution is -2.46. The molecule has 110 valence electrons. The Morgan fingerprint density at radius 2 is 2.15 bits per heavy atom. The van der Waals surface area contributed by atoms with Crippen molar-refractivity contribution in [2.45, 2.75) is 50.2 Å². The van der Waals surface area contributed by atoms with Crippen LogP contribution in [0.25, 0.3) is 0 Å². The summed E-state index contributed by atoms with van der Waals surface area (Å²) < 4.78 is 14.5. The second-order valence-corrected chi connectivity index (χ2v) is 5.95. The van der Waals surface area contributed by atoms with E-state index < -0.39 is 23.6 Å². The molecule has 2 rings (SSSR count). The minimum Gasteiger partial charge on any atom is -0.481 e. The maximum absolute atomic E-state index is 14.5. The number of carbonyl (C=O) groups excluding carboxylic acids is 1. The average Bonchev–Trinajstić information content (AvgIpc) is 2.92. The monoisotopic (exact) mass is 300 g/mol. The second-order valence-electron chi connectivity index (χ2n) is 5.02. The second kappa shape index (κ2) is 6.30. The van der Waals surface area contributed by atoms with Crippen molar-refractivity contribution in [1.82, 2.24) is 10.3 Å². The van der Waals surface area contributed by atoms with Crippen molar-refractivity contribution in [3.8, 4) is 0 Å². The molecule has 7 heteroatoms. The van der Waals surface area contributed by atoms with Crippen LogP contribution in [0.1, 0.15) is 49.6 Å². The number of nitrogens with zero attached hydrogens (tertiary/aromatic N) is 1. The molecule has 20 heavy (non-hydrogen) atoms. The number of alkyl halides is 1. The number of hydrogen-bond donors (Lipinski definition) is 2. The van der Waals surface area contributed by atoms with Crippen molar-refractivity contribution < 1.29 is 19.1 Å². The van der Waals surface area contributed by atoms with Crippen LogP contribution < -0.4 is 5.32 Å². The molecule has 1 aromatic heterocycles. The first-order valence-corrected chi connectivity index (χ1v) is 7.50. The van der Waals surface area contributed by atoms with Crippen molar-refractivity contribution in [2.24, 2.45) is 0 Å². The fourth-order valence-electron chi connectivity index (χ4n) is 2.41. The van der Waals surface area contributed by atoms with Gasteiger partial charge in [0.05, 0.1) is 12.5 Å². The molecule has 1 amide bonds. The molecule has 0 saturated heterocycles. The highest BCUT2D eigenvalue weighted by Crippen LogP contribution is 2.33. The molecule has 1 saturated carbocycles. The highest BCUT2D eigenvalue weighted by atomic mass is 32.1. The Labute approximate surface area is 120 Å². The molecule has 0 radical (unpaired) electrons. The van der Waals surface area contributed by atoms with Crippen LogP contribution in [0, 0.1) is 0 Å². The number of hydrogen-bond acceptors (Lipinski definition) is 4. The first-order chi connectivity index (χ1) is 9.51. The van der Waals surface area contributed by atoms with E-state index in [0.717, 1.165) is 6.42 Å². The number of amides is 1. The van der Waals surface area contributed by atoms with Crippen LogP contribution in [0.15, 0.2) is 11.6 Å². The van der Waals surface area contributed by atoms with E-state index in [1.54, 1.807) is 5.38 Å². The van der Waals surface area contributed by atoms with Gasteiger partial charge in [-0.2, -0.15) is 0 Å². The number of aliphatic carboxylic acids is 1. The highest BCUT2D eigenvalue weighted by molar-refractivity contribution is 7.09. The number of halogens is 1. The summed E-state index contributed by atoms with van der Waals surface area (Å²) in [5.41, 5.74) is -1.87. The fraction of sp³-hybridized carbons (Fsp3) is 0.615. The number of carbonyl (C=O) groups is 2. The molecule has 1 unspecified atom stereocenters. The maximum Gasteiger partial charge on any atom is 0.305 e. The Balaban J connectivity index is 2.07. The molecule has 1 heterocycles. The zero-order chi connectivity index (χ0) is 14.6. The van der Waals surface area contributed by atoms with Crippen molar-refractivity contribution in [3.63, 3.8) is 0 Å². The number of nitrogens with one attached hydrogen (secondary N) is 1. The van der Waals surface area contributed by atoms with E-state index in [2.05, 4.69) is 10.3 Å². The largest absolute Gasteiger partial charge is 0.481 e. The van der Waals surface area contributed by atoms with Gasteiger partial charge in [-0.25, -0.2) is 9.37 Å². The lowest BCUT2D eigenvalue weighted by molar-refractivity contribution is -0.139. The van der Waals surface area contributed by atoms with E-state index in [4.69, 9.17) is 5.11 Å². The zero-order valence-electron chi connectivity index (χ0n) is 11.0. The highest BCUT2D eigenvalue weighted by Gasteiger charge is 2.40. The number of rotatable bonds is 5. The summed E-state index contributed by atoms with van der Waals surface area (Å²) in [7, 11) is 0. The van der Waals surface area contributed by atoms with Gasteiger partial charge in [0.2, 0.25) is 0 Å². The zero-order valence-corrected chi connectivity index (χ0v) is 11.8. The summed E-state index contributed by atoms with van der Waals surface area (Å²) in [6.45, 7) is 0. The van der Waals surface area contributed by atoms with E-state index in [0.29, 0.717) is 17.8 Å². The molecule has 5 nitrogen and oxygen atoms in total. The predicted molar refractivity (Wildman–Crippen MR) is 72.2 cm³/mol. The van der Waals surface area contributed by atoms with Gasteiger partial charge in [0.25, 0.3) is 5.91 Å².